The van der Waals surface area contributed by atoms with Crippen molar-refractivity contribution in [2.24, 2.45) is 7.05 Å². The quantitative estimate of drug-likeness (QED) is 0.747. The number of ether oxygens (including phenoxy) is 1. The van der Waals surface area contributed by atoms with Crippen molar-refractivity contribution in [3.63, 3.8) is 0 Å². The van der Waals surface area contributed by atoms with Crippen LogP contribution in [0.4, 0.5) is 0 Å². The SMILES string of the molecule is CCCNC(Cc1cnn(C)c1)C(C)(CC)OCC. The van der Waals surface area contributed by atoms with Crippen molar-refractivity contribution < 1.29 is 4.74 Å². The molecule has 0 spiro atoms. The van der Waals surface area contributed by atoms with E-state index >= 15 is 0 Å². The average molecular weight is 267 g/mol. The van der Waals surface area contributed by atoms with Crippen molar-refractivity contribution in [3.8, 4) is 0 Å². The van der Waals surface area contributed by atoms with Gasteiger partial charge in [0.25, 0.3) is 0 Å². The van der Waals surface area contributed by atoms with Crippen molar-refractivity contribution in [2.75, 3.05) is 13.2 Å². The van der Waals surface area contributed by atoms with Crippen LogP contribution in [-0.4, -0.2) is 34.6 Å². The molecule has 1 rings (SSSR count). The van der Waals surface area contributed by atoms with Gasteiger partial charge in [-0.25, -0.2) is 0 Å². The van der Waals surface area contributed by atoms with Crippen molar-refractivity contribution >= 4 is 0 Å². The molecule has 0 saturated carbocycles. The Morgan fingerprint density at radius 1 is 1.42 bits per heavy atom. The van der Waals surface area contributed by atoms with Gasteiger partial charge in [0, 0.05) is 25.9 Å². The smallest absolute Gasteiger partial charge is 0.0807 e. The fourth-order valence-corrected chi connectivity index (χ4v) is 2.41. The number of hydrogen-bond donors (Lipinski definition) is 1. The van der Waals surface area contributed by atoms with Gasteiger partial charge in [0.2, 0.25) is 0 Å². The molecule has 0 radical (unpaired) electrons. The maximum atomic E-state index is 6.03. The van der Waals surface area contributed by atoms with Crippen LogP contribution in [0.2, 0.25) is 0 Å². The fraction of sp³-hybridized carbons (Fsp3) is 0.800. The van der Waals surface area contributed by atoms with E-state index in [0.29, 0.717) is 6.04 Å². The lowest BCUT2D eigenvalue weighted by Gasteiger charge is -2.37. The Labute approximate surface area is 117 Å². The van der Waals surface area contributed by atoms with E-state index in [1.807, 2.05) is 17.9 Å². The van der Waals surface area contributed by atoms with Gasteiger partial charge in [-0.1, -0.05) is 13.8 Å². The summed E-state index contributed by atoms with van der Waals surface area (Å²) in [7, 11) is 1.96. The molecule has 110 valence electrons. The highest BCUT2D eigenvalue weighted by atomic mass is 16.5. The number of hydrogen-bond acceptors (Lipinski definition) is 3. The minimum atomic E-state index is -0.125. The second-order valence-electron chi connectivity index (χ2n) is 5.33. The second-order valence-corrected chi connectivity index (χ2v) is 5.33. The first-order valence-corrected chi connectivity index (χ1v) is 7.40. The third-order valence-corrected chi connectivity index (χ3v) is 3.75. The molecule has 1 heterocycles. The number of rotatable bonds is 9. The van der Waals surface area contributed by atoms with Gasteiger partial charge in [0.05, 0.1) is 11.8 Å². The van der Waals surface area contributed by atoms with Crippen LogP contribution in [0.15, 0.2) is 12.4 Å². The third-order valence-electron chi connectivity index (χ3n) is 3.75. The van der Waals surface area contributed by atoms with Gasteiger partial charge in [0.15, 0.2) is 0 Å². The molecular formula is C15H29N3O. The van der Waals surface area contributed by atoms with E-state index in [9.17, 15) is 0 Å². The molecule has 1 aromatic heterocycles. The van der Waals surface area contributed by atoms with Crippen LogP contribution in [0.1, 0.15) is 46.1 Å². The summed E-state index contributed by atoms with van der Waals surface area (Å²) in [6, 6.07) is 0.321. The molecule has 0 aliphatic carbocycles. The Kier molecular flexibility index (Phi) is 6.52. The molecule has 1 aromatic rings. The molecule has 0 saturated heterocycles. The van der Waals surface area contributed by atoms with E-state index in [1.54, 1.807) is 0 Å². The highest BCUT2D eigenvalue weighted by Crippen LogP contribution is 2.23. The molecule has 0 bridgehead atoms. The van der Waals surface area contributed by atoms with Gasteiger partial charge in [-0.05, 0) is 45.2 Å². The summed E-state index contributed by atoms with van der Waals surface area (Å²) >= 11 is 0. The highest BCUT2D eigenvalue weighted by molar-refractivity contribution is 5.09. The first-order valence-electron chi connectivity index (χ1n) is 7.40. The summed E-state index contributed by atoms with van der Waals surface area (Å²) in [5.41, 5.74) is 1.13. The zero-order chi connectivity index (χ0) is 14.3. The van der Waals surface area contributed by atoms with Crippen LogP contribution in [0, 0.1) is 0 Å². The van der Waals surface area contributed by atoms with Gasteiger partial charge < -0.3 is 10.1 Å². The van der Waals surface area contributed by atoms with Crippen LogP contribution in [0.25, 0.3) is 0 Å². The number of nitrogens with zero attached hydrogens (tertiary/aromatic N) is 2. The lowest BCUT2D eigenvalue weighted by atomic mass is 9.88. The second kappa shape index (κ2) is 7.65. The Morgan fingerprint density at radius 3 is 2.63 bits per heavy atom. The molecule has 0 fully saturated rings. The molecule has 0 aliphatic rings. The van der Waals surface area contributed by atoms with Gasteiger partial charge in [0.1, 0.15) is 0 Å². The molecule has 1 N–H and O–H groups in total. The Bertz CT molecular complexity index is 364. The summed E-state index contributed by atoms with van der Waals surface area (Å²) in [5.74, 6) is 0. The van der Waals surface area contributed by atoms with E-state index in [4.69, 9.17) is 4.74 Å². The van der Waals surface area contributed by atoms with Crippen LogP contribution < -0.4 is 5.32 Å². The molecule has 0 aromatic carbocycles. The van der Waals surface area contributed by atoms with Gasteiger partial charge in [-0.15, -0.1) is 0 Å². The number of aromatic nitrogens is 2. The monoisotopic (exact) mass is 267 g/mol. The molecule has 19 heavy (non-hydrogen) atoms. The zero-order valence-corrected chi connectivity index (χ0v) is 13.1. The van der Waals surface area contributed by atoms with Crippen LogP contribution in [0.3, 0.4) is 0 Å². The molecule has 4 heteroatoms. The van der Waals surface area contributed by atoms with Crippen LogP contribution in [0.5, 0.6) is 0 Å². The maximum Gasteiger partial charge on any atom is 0.0807 e. The van der Waals surface area contributed by atoms with E-state index < -0.39 is 0 Å². The molecular weight excluding hydrogens is 238 g/mol. The topological polar surface area (TPSA) is 39.1 Å². The molecule has 2 unspecified atom stereocenters. The first kappa shape index (κ1) is 16.2. The molecule has 0 aliphatic heterocycles. The predicted octanol–water partition coefficient (Wildman–Crippen LogP) is 2.54. The van der Waals surface area contributed by atoms with Crippen LogP contribution in [-0.2, 0) is 18.2 Å². The zero-order valence-electron chi connectivity index (χ0n) is 13.1. The molecule has 0 amide bonds. The van der Waals surface area contributed by atoms with Gasteiger partial charge in [-0.3, -0.25) is 4.68 Å². The van der Waals surface area contributed by atoms with Gasteiger partial charge >= 0.3 is 0 Å². The van der Waals surface area contributed by atoms with Crippen molar-refractivity contribution in [1.29, 1.82) is 0 Å². The van der Waals surface area contributed by atoms with E-state index in [1.165, 1.54) is 5.56 Å². The normalized spacial score (nSPS) is 16.3. The Hall–Kier alpha value is -0.870. The average Bonchev–Trinajstić information content (AvgIpc) is 2.80. The van der Waals surface area contributed by atoms with E-state index in [0.717, 1.165) is 32.4 Å². The van der Waals surface area contributed by atoms with E-state index in [2.05, 4.69) is 44.3 Å². The fourth-order valence-electron chi connectivity index (χ4n) is 2.41. The third kappa shape index (κ3) is 4.62. The Balaban J connectivity index is 2.80. The summed E-state index contributed by atoms with van der Waals surface area (Å²) < 4.78 is 7.88. The minimum absolute atomic E-state index is 0.125. The van der Waals surface area contributed by atoms with Crippen molar-refractivity contribution in [2.45, 2.75) is 58.6 Å². The first-order chi connectivity index (χ1) is 9.05. The summed E-state index contributed by atoms with van der Waals surface area (Å²) in [5, 5.41) is 7.89. The lowest BCUT2D eigenvalue weighted by molar-refractivity contribution is -0.0549. The highest BCUT2D eigenvalue weighted by Gasteiger charge is 2.33. The predicted molar refractivity (Wildman–Crippen MR) is 79.3 cm³/mol. The van der Waals surface area contributed by atoms with Crippen molar-refractivity contribution in [3.05, 3.63) is 18.0 Å². The number of aryl methyl sites for hydroxylation is 1. The largest absolute Gasteiger partial charge is 0.374 e. The Morgan fingerprint density at radius 2 is 2.16 bits per heavy atom. The number of nitrogens with one attached hydrogen (secondary N) is 1. The maximum absolute atomic E-state index is 6.03. The molecule has 4 nitrogen and oxygen atoms in total. The minimum Gasteiger partial charge on any atom is -0.374 e. The van der Waals surface area contributed by atoms with Gasteiger partial charge in [-0.2, -0.15) is 5.10 Å². The van der Waals surface area contributed by atoms with Crippen LogP contribution >= 0.6 is 0 Å². The molecule has 2 atom stereocenters. The standard InChI is InChI=1S/C15H29N3O/c1-6-9-16-14(15(4,7-2)19-8-3)10-13-11-17-18(5)12-13/h11-12,14,16H,6-10H2,1-5H3. The van der Waals surface area contributed by atoms with Crippen molar-refractivity contribution in [1.82, 2.24) is 15.1 Å². The lowest BCUT2D eigenvalue weighted by Crippen LogP contribution is -2.51. The van der Waals surface area contributed by atoms with E-state index in [-0.39, 0.29) is 5.60 Å². The summed E-state index contributed by atoms with van der Waals surface area (Å²) in [6.07, 6.45) is 7.13. The summed E-state index contributed by atoms with van der Waals surface area (Å²) in [4.78, 5) is 0. The summed E-state index contributed by atoms with van der Waals surface area (Å²) in [6.45, 7) is 10.4.